The molecule has 1 unspecified atom stereocenters. The Labute approximate surface area is 125 Å². The number of hydrogen-bond donors (Lipinski definition) is 0. The maximum atomic E-state index is 3.23. The lowest BCUT2D eigenvalue weighted by Crippen LogP contribution is -2.20. The Kier molecular flexibility index (Phi) is 16.5. The van der Waals surface area contributed by atoms with Gasteiger partial charge in [-0.1, -0.05) is 78.6 Å². The Morgan fingerprint density at radius 1 is 0.611 bits per heavy atom. The molecule has 0 heterocycles. The third-order valence-electron chi connectivity index (χ3n) is 3.83. The van der Waals surface area contributed by atoms with E-state index in [1.807, 2.05) is 0 Å². The quantitative estimate of drug-likeness (QED) is 0.275. The molecule has 18 heavy (non-hydrogen) atoms. The molecule has 0 aromatic carbocycles. The predicted molar refractivity (Wildman–Crippen MR) is 92.1 cm³/mol. The van der Waals surface area contributed by atoms with Gasteiger partial charge in [0.15, 0.2) is 0 Å². The van der Waals surface area contributed by atoms with E-state index in [-0.39, 0.29) is 12.4 Å². The molecule has 0 aliphatic carbocycles. The zero-order valence-electron chi connectivity index (χ0n) is 13.0. The Balaban J connectivity index is 0. The van der Waals surface area contributed by atoms with Gasteiger partial charge in [0.25, 0.3) is 0 Å². The fourth-order valence-electron chi connectivity index (χ4n) is 2.56. The summed E-state index contributed by atoms with van der Waals surface area (Å²) in [6.07, 6.45) is 16.9. The van der Waals surface area contributed by atoms with Crippen LogP contribution in [0.25, 0.3) is 0 Å². The molecule has 0 aromatic heterocycles. The van der Waals surface area contributed by atoms with Crippen molar-refractivity contribution in [3.05, 3.63) is 0 Å². The van der Waals surface area contributed by atoms with Crippen LogP contribution < -0.4 is 0 Å². The van der Waals surface area contributed by atoms with Gasteiger partial charge in [0.05, 0.1) is 0 Å². The molecule has 112 valence electrons. The molecule has 0 spiro atoms. The summed E-state index contributed by atoms with van der Waals surface area (Å²) >= 11 is 0. The molecule has 0 aliphatic rings. The average Bonchev–Trinajstić information content (AvgIpc) is 2.30. The minimum atomic E-state index is 0. The molecule has 0 aliphatic heterocycles. The van der Waals surface area contributed by atoms with Crippen molar-refractivity contribution in [2.45, 2.75) is 103 Å². The van der Waals surface area contributed by atoms with Crippen LogP contribution in [0.5, 0.6) is 0 Å². The molecule has 0 aromatic rings. The van der Waals surface area contributed by atoms with Crippen molar-refractivity contribution >= 4 is 21.6 Å². The molecular formula is C16H36ClP. The molecule has 0 fully saturated rings. The van der Waals surface area contributed by atoms with Gasteiger partial charge in [0.2, 0.25) is 0 Å². The molecule has 0 saturated carbocycles. The van der Waals surface area contributed by atoms with Crippen molar-refractivity contribution in [3.63, 3.8) is 0 Å². The van der Waals surface area contributed by atoms with E-state index in [4.69, 9.17) is 0 Å². The normalized spacial score (nSPS) is 11.3. The first kappa shape index (κ1) is 21.0. The van der Waals surface area contributed by atoms with Crippen LogP contribution in [0.3, 0.4) is 0 Å². The van der Waals surface area contributed by atoms with E-state index >= 15 is 0 Å². The first-order valence-electron chi connectivity index (χ1n) is 7.97. The van der Waals surface area contributed by atoms with Crippen LogP contribution in [0.2, 0.25) is 0 Å². The molecule has 0 radical (unpaired) electrons. The second-order valence-corrected chi connectivity index (χ2v) is 6.96. The van der Waals surface area contributed by atoms with Gasteiger partial charge >= 0.3 is 0 Å². The SMILES string of the molecule is CCCCCC(P)(CCCCC)CCCCC.Cl. The zero-order valence-corrected chi connectivity index (χ0v) is 14.9. The molecular weight excluding hydrogens is 259 g/mol. The van der Waals surface area contributed by atoms with Crippen LogP contribution in [0.1, 0.15) is 97.8 Å². The summed E-state index contributed by atoms with van der Waals surface area (Å²) in [5.74, 6) is 0. The number of unbranched alkanes of at least 4 members (excludes halogenated alkanes) is 6. The third-order valence-corrected chi connectivity index (χ3v) is 4.70. The van der Waals surface area contributed by atoms with Crippen molar-refractivity contribution in [2.24, 2.45) is 0 Å². The number of hydrogen-bond acceptors (Lipinski definition) is 0. The number of rotatable bonds is 12. The van der Waals surface area contributed by atoms with Crippen LogP contribution >= 0.6 is 21.6 Å². The van der Waals surface area contributed by atoms with E-state index in [1.54, 1.807) is 0 Å². The molecule has 0 nitrogen and oxygen atoms in total. The van der Waals surface area contributed by atoms with Crippen molar-refractivity contribution in [1.29, 1.82) is 0 Å². The molecule has 2 heteroatoms. The molecule has 0 amide bonds. The van der Waals surface area contributed by atoms with Crippen molar-refractivity contribution < 1.29 is 0 Å². The average molecular weight is 295 g/mol. The van der Waals surface area contributed by atoms with Crippen LogP contribution in [0.15, 0.2) is 0 Å². The second-order valence-electron chi connectivity index (χ2n) is 5.73. The van der Waals surface area contributed by atoms with Crippen LogP contribution in [0.4, 0.5) is 0 Å². The van der Waals surface area contributed by atoms with Crippen LogP contribution in [-0.2, 0) is 0 Å². The van der Waals surface area contributed by atoms with Crippen molar-refractivity contribution in [3.8, 4) is 0 Å². The maximum Gasteiger partial charge on any atom is -0.0150 e. The summed E-state index contributed by atoms with van der Waals surface area (Å²) in [5.41, 5.74) is 0. The van der Waals surface area contributed by atoms with E-state index in [1.165, 1.54) is 77.0 Å². The monoisotopic (exact) mass is 294 g/mol. The second kappa shape index (κ2) is 14.1. The Morgan fingerprint density at radius 3 is 1.11 bits per heavy atom. The van der Waals surface area contributed by atoms with Gasteiger partial charge in [-0.25, -0.2) is 0 Å². The van der Waals surface area contributed by atoms with Gasteiger partial charge in [0, 0.05) is 0 Å². The van der Waals surface area contributed by atoms with Gasteiger partial charge in [-0.3, -0.25) is 0 Å². The smallest absolute Gasteiger partial charge is 0.0150 e. The minimum absolute atomic E-state index is 0. The molecule has 0 bridgehead atoms. The van der Waals surface area contributed by atoms with Gasteiger partial charge < -0.3 is 0 Å². The Hall–Kier alpha value is 0.720. The van der Waals surface area contributed by atoms with E-state index < -0.39 is 0 Å². The summed E-state index contributed by atoms with van der Waals surface area (Å²) in [6.45, 7) is 6.91. The lowest BCUT2D eigenvalue weighted by molar-refractivity contribution is 0.412. The van der Waals surface area contributed by atoms with Gasteiger partial charge in [-0.2, -0.15) is 0 Å². The summed E-state index contributed by atoms with van der Waals surface area (Å²) in [7, 11) is 3.23. The summed E-state index contributed by atoms with van der Waals surface area (Å²) in [6, 6.07) is 0. The Morgan fingerprint density at radius 2 is 0.889 bits per heavy atom. The van der Waals surface area contributed by atoms with E-state index in [0.717, 1.165) is 0 Å². The highest BCUT2D eigenvalue weighted by Crippen LogP contribution is 2.36. The van der Waals surface area contributed by atoms with Crippen LogP contribution in [-0.4, -0.2) is 5.16 Å². The summed E-state index contributed by atoms with van der Waals surface area (Å²) in [5, 5.41) is 0.569. The first-order valence-corrected chi connectivity index (χ1v) is 8.55. The van der Waals surface area contributed by atoms with E-state index in [0.29, 0.717) is 5.16 Å². The number of halogens is 1. The highest BCUT2D eigenvalue weighted by atomic mass is 35.5. The standard InChI is InChI=1S/C16H35P.ClH/c1-4-7-10-13-16(17,14-11-8-5-2)15-12-9-6-3;/h4-15,17H2,1-3H3;1H. The highest BCUT2D eigenvalue weighted by Gasteiger charge is 2.22. The Bertz CT molecular complexity index is 133. The fourth-order valence-corrected chi connectivity index (χ4v) is 3.17. The first-order chi connectivity index (χ1) is 8.18. The summed E-state index contributed by atoms with van der Waals surface area (Å²) < 4.78 is 0. The molecule has 1 atom stereocenters. The summed E-state index contributed by atoms with van der Waals surface area (Å²) in [4.78, 5) is 0. The molecule has 0 saturated heterocycles. The largest absolute Gasteiger partial charge is 0.147 e. The fraction of sp³-hybridized carbons (Fsp3) is 1.00. The minimum Gasteiger partial charge on any atom is -0.147 e. The van der Waals surface area contributed by atoms with Gasteiger partial charge in [-0.05, 0) is 24.4 Å². The topological polar surface area (TPSA) is 0 Å². The van der Waals surface area contributed by atoms with Crippen LogP contribution in [0, 0.1) is 0 Å². The highest BCUT2D eigenvalue weighted by molar-refractivity contribution is 7.19. The zero-order chi connectivity index (χ0) is 13.0. The lowest BCUT2D eigenvalue weighted by atomic mass is 9.89. The van der Waals surface area contributed by atoms with Crippen molar-refractivity contribution in [2.75, 3.05) is 0 Å². The van der Waals surface area contributed by atoms with E-state index in [9.17, 15) is 0 Å². The molecule has 0 N–H and O–H groups in total. The lowest BCUT2D eigenvalue weighted by Gasteiger charge is -2.30. The van der Waals surface area contributed by atoms with Crippen molar-refractivity contribution in [1.82, 2.24) is 0 Å². The predicted octanol–water partition coefficient (Wildman–Crippen LogP) is 6.76. The molecule has 0 rings (SSSR count). The van der Waals surface area contributed by atoms with Gasteiger partial charge in [0.1, 0.15) is 0 Å². The van der Waals surface area contributed by atoms with Gasteiger partial charge in [-0.15, -0.1) is 21.6 Å². The maximum absolute atomic E-state index is 3.23. The third kappa shape index (κ3) is 11.8. The van der Waals surface area contributed by atoms with E-state index in [2.05, 4.69) is 30.0 Å².